The summed E-state index contributed by atoms with van der Waals surface area (Å²) in [6, 6.07) is 0. The Hall–Kier alpha value is -0.610. The second-order valence-corrected chi connectivity index (χ2v) is 9.16. The Balaban J connectivity index is 2.30. The molecule has 4 heteroatoms. The van der Waals surface area contributed by atoms with Crippen LogP contribution in [0.3, 0.4) is 0 Å². The van der Waals surface area contributed by atoms with E-state index in [0.29, 0.717) is 13.2 Å². The zero-order valence-corrected chi connectivity index (χ0v) is 16.8. The Labute approximate surface area is 148 Å². The van der Waals surface area contributed by atoms with Gasteiger partial charge in [0.15, 0.2) is 6.29 Å². The van der Waals surface area contributed by atoms with Gasteiger partial charge in [0.1, 0.15) is 5.60 Å². The summed E-state index contributed by atoms with van der Waals surface area (Å²) >= 11 is 0. The number of rotatable bonds is 8. The summed E-state index contributed by atoms with van der Waals surface area (Å²) in [7, 11) is 0. The van der Waals surface area contributed by atoms with E-state index in [1.807, 2.05) is 27.7 Å². The smallest absolute Gasteiger partial charge is 0.309 e. The first-order chi connectivity index (χ1) is 11.0. The summed E-state index contributed by atoms with van der Waals surface area (Å²) in [4.78, 5) is 12.1. The van der Waals surface area contributed by atoms with Crippen LogP contribution in [0.25, 0.3) is 0 Å². The molecule has 1 aliphatic rings. The monoisotopic (exact) mass is 342 g/mol. The van der Waals surface area contributed by atoms with Gasteiger partial charge in [-0.3, -0.25) is 4.79 Å². The van der Waals surface area contributed by atoms with Crippen molar-refractivity contribution >= 4 is 5.97 Å². The topological polar surface area (TPSA) is 44.8 Å². The van der Waals surface area contributed by atoms with Crippen LogP contribution >= 0.6 is 0 Å². The molecule has 0 aromatic rings. The molecule has 0 radical (unpaired) electrons. The standard InChI is InChI=1S/C20H38O4/c1-15(2)9-8-10-17-22-13-20(7,14-23-17)12-11-16(3)18(21)24-19(4,5)6/h15-17H,8-14H2,1-7H3. The number of hydrogen-bond acceptors (Lipinski definition) is 4. The summed E-state index contributed by atoms with van der Waals surface area (Å²) in [6.45, 7) is 15.7. The first-order valence-corrected chi connectivity index (χ1v) is 9.47. The lowest BCUT2D eigenvalue weighted by atomic mass is 9.84. The molecule has 0 bridgehead atoms. The maximum Gasteiger partial charge on any atom is 0.309 e. The average molecular weight is 343 g/mol. The Kier molecular flexibility index (Phi) is 8.21. The van der Waals surface area contributed by atoms with Crippen molar-refractivity contribution in [2.75, 3.05) is 13.2 Å². The molecule has 0 aliphatic carbocycles. The molecular weight excluding hydrogens is 304 g/mol. The average Bonchev–Trinajstić information content (AvgIpc) is 2.45. The molecule has 1 unspecified atom stereocenters. The van der Waals surface area contributed by atoms with Gasteiger partial charge in [-0.1, -0.05) is 34.1 Å². The van der Waals surface area contributed by atoms with Crippen LogP contribution in [0.1, 0.15) is 80.6 Å². The Morgan fingerprint density at radius 3 is 2.25 bits per heavy atom. The minimum atomic E-state index is -0.421. The molecule has 0 saturated carbocycles. The van der Waals surface area contributed by atoms with Crippen LogP contribution in [0.4, 0.5) is 0 Å². The normalized spacial score (nSPS) is 26.4. The van der Waals surface area contributed by atoms with Gasteiger partial charge in [-0.05, 0) is 52.4 Å². The lowest BCUT2D eigenvalue weighted by Crippen LogP contribution is -2.40. The predicted molar refractivity (Wildman–Crippen MR) is 96.7 cm³/mol. The van der Waals surface area contributed by atoms with Crippen molar-refractivity contribution in [3.05, 3.63) is 0 Å². The summed E-state index contributed by atoms with van der Waals surface area (Å²) in [5.41, 5.74) is -0.430. The summed E-state index contributed by atoms with van der Waals surface area (Å²) < 4.78 is 17.3. The molecule has 24 heavy (non-hydrogen) atoms. The lowest BCUT2D eigenvalue weighted by Gasteiger charge is -2.38. The molecule has 0 aromatic heterocycles. The molecule has 4 nitrogen and oxygen atoms in total. The van der Waals surface area contributed by atoms with Gasteiger partial charge in [-0.2, -0.15) is 0 Å². The molecular formula is C20H38O4. The van der Waals surface area contributed by atoms with Crippen molar-refractivity contribution < 1.29 is 19.0 Å². The van der Waals surface area contributed by atoms with Crippen molar-refractivity contribution in [3.8, 4) is 0 Å². The van der Waals surface area contributed by atoms with Crippen molar-refractivity contribution in [2.24, 2.45) is 17.3 Å². The number of ether oxygens (including phenoxy) is 3. The van der Waals surface area contributed by atoms with E-state index < -0.39 is 5.60 Å². The third kappa shape index (κ3) is 8.48. The first kappa shape index (κ1) is 21.4. The zero-order valence-electron chi connectivity index (χ0n) is 16.8. The minimum absolute atomic E-state index is 0.00911. The Bertz CT molecular complexity index is 376. The van der Waals surface area contributed by atoms with E-state index in [1.54, 1.807) is 0 Å². The molecule has 1 rings (SSSR count). The van der Waals surface area contributed by atoms with Crippen LogP contribution in [0.5, 0.6) is 0 Å². The van der Waals surface area contributed by atoms with E-state index in [1.165, 1.54) is 6.42 Å². The molecule has 0 N–H and O–H groups in total. The fourth-order valence-corrected chi connectivity index (χ4v) is 2.77. The van der Waals surface area contributed by atoms with E-state index in [2.05, 4.69) is 20.8 Å². The highest BCUT2D eigenvalue weighted by Gasteiger charge is 2.33. The van der Waals surface area contributed by atoms with Gasteiger partial charge in [-0.15, -0.1) is 0 Å². The molecule has 1 fully saturated rings. The van der Waals surface area contributed by atoms with Crippen LogP contribution in [0, 0.1) is 17.3 Å². The first-order valence-electron chi connectivity index (χ1n) is 9.47. The van der Waals surface area contributed by atoms with Gasteiger partial charge in [-0.25, -0.2) is 0 Å². The third-order valence-corrected chi connectivity index (χ3v) is 4.45. The Morgan fingerprint density at radius 2 is 1.75 bits per heavy atom. The van der Waals surface area contributed by atoms with Gasteiger partial charge in [0, 0.05) is 5.41 Å². The van der Waals surface area contributed by atoms with Crippen molar-refractivity contribution in [1.29, 1.82) is 0 Å². The molecule has 0 amide bonds. The van der Waals surface area contributed by atoms with Crippen LogP contribution in [0.2, 0.25) is 0 Å². The van der Waals surface area contributed by atoms with E-state index in [0.717, 1.165) is 31.6 Å². The second kappa shape index (κ2) is 9.19. The molecule has 1 aliphatic heterocycles. The molecule has 1 atom stereocenters. The molecule has 1 heterocycles. The predicted octanol–water partition coefficient (Wildman–Crippen LogP) is 4.95. The van der Waals surface area contributed by atoms with E-state index in [4.69, 9.17) is 14.2 Å². The number of esters is 1. The highest BCUT2D eigenvalue weighted by atomic mass is 16.7. The van der Waals surface area contributed by atoms with Gasteiger partial charge in [0.25, 0.3) is 0 Å². The lowest BCUT2D eigenvalue weighted by molar-refractivity contribution is -0.230. The van der Waals surface area contributed by atoms with Crippen LogP contribution in [-0.2, 0) is 19.0 Å². The summed E-state index contributed by atoms with van der Waals surface area (Å²) in [5, 5.41) is 0. The van der Waals surface area contributed by atoms with Gasteiger partial charge < -0.3 is 14.2 Å². The fourth-order valence-electron chi connectivity index (χ4n) is 2.77. The number of carbonyl (C=O) groups is 1. The molecule has 0 spiro atoms. The third-order valence-electron chi connectivity index (χ3n) is 4.45. The summed E-state index contributed by atoms with van der Waals surface area (Å²) in [5.74, 6) is 0.522. The maximum atomic E-state index is 12.1. The number of carbonyl (C=O) groups excluding carboxylic acids is 1. The molecule has 0 aromatic carbocycles. The van der Waals surface area contributed by atoms with E-state index >= 15 is 0 Å². The largest absolute Gasteiger partial charge is 0.460 e. The highest BCUT2D eigenvalue weighted by Crippen LogP contribution is 2.32. The molecule has 1 saturated heterocycles. The van der Waals surface area contributed by atoms with Crippen molar-refractivity contribution in [2.45, 2.75) is 92.5 Å². The minimum Gasteiger partial charge on any atom is -0.460 e. The van der Waals surface area contributed by atoms with Gasteiger partial charge in [0.2, 0.25) is 0 Å². The van der Waals surface area contributed by atoms with E-state index in [-0.39, 0.29) is 23.6 Å². The quantitative estimate of drug-likeness (QED) is 0.585. The van der Waals surface area contributed by atoms with Crippen LogP contribution in [-0.4, -0.2) is 31.1 Å². The second-order valence-electron chi connectivity index (χ2n) is 9.16. The highest BCUT2D eigenvalue weighted by molar-refractivity contribution is 5.72. The van der Waals surface area contributed by atoms with Crippen molar-refractivity contribution in [3.63, 3.8) is 0 Å². The van der Waals surface area contributed by atoms with Gasteiger partial charge in [0.05, 0.1) is 19.1 Å². The summed E-state index contributed by atoms with van der Waals surface area (Å²) in [6.07, 6.45) is 4.99. The van der Waals surface area contributed by atoms with Crippen LogP contribution in [0.15, 0.2) is 0 Å². The number of hydrogen-bond donors (Lipinski definition) is 0. The van der Waals surface area contributed by atoms with Gasteiger partial charge >= 0.3 is 5.97 Å². The molecule has 142 valence electrons. The van der Waals surface area contributed by atoms with E-state index in [9.17, 15) is 4.79 Å². The SMILES string of the molecule is CC(C)CCCC1OCC(C)(CCC(C)C(=O)OC(C)(C)C)CO1. The Morgan fingerprint density at radius 1 is 1.17 bits per heavy atom. The zero-order chi connectivity index (χ0) is 18.4. The fraction of sp³-hybridized carbons (Fsp3) is 0.950. The van der Waals surface area contributed by atoms with Crippen molar-refractivity contribution in [1.82, 2.24) is 0 Å². The maximum absolute atomic E-state index is 12.1. The van der Waals surface area contributed by atoms with Crippen LogP contribution < -0.4 is 0 Å².